The van der Waals surface area contributed by atoms with Gasteiger partial charge < -0.3 is 9.47 Å². The zero-order valence-electron chi connectivity index (χ0n) is 19.5. The van der Waals surface area contributed by atoms with Gasteiger partial charge in [-0.25, -0.2) is 0 Å². The van der Waals surface area contributed by atoms with Crippen LogP contribution in [0.3, 0.4) is 0 Å². The second kappa shape index (κ2) is 11.4. The Labute approximate surface area is 232 Å². The van der Waals surface area contributed by atoms with E-state index in [0.717, 1.165) is 32.7 Å². The Kier molecular flexibility index (Phi) is 7.84. The standard InChI is InChI=1S/C29H21BrClNO4S/c30-25-16-19(8-13-26(25)36-18-21-6-3-5-20-4-1-2-7-24(20)21)17-27-28(33)32(29(34)37-27)14-15-35-23-11-9-22(31)10-12-23/h1-13,16-17H,14-15,18H2/b27-17-. The van der Waals surface area contributed by atoms with Gasteiger partial charge in [0.05, 0.1) is 15.9 Å². The molecule has 0 unspecified atom stereocenters. The van der Waals surface area contributed by atoms with Gasteiger partial charge in [-0.1, -0.05) is 60.1 Å². The van der Waals surface area contributed by atoms with E-state index in [0.29, 0.717) is 28.0 Å². The average Bonchev–Trinajstić information content (AvgIpc) is 3.16. The fraction of sp³-hybridized carbons (Fsp3) is 0.103. The Morgan fingerprint density at radius 2 is 1.70 bits per heavy atom. The number of amides is 2. The summed E-state index contributed by atoms with van der Waals surface area (Å²) in [4.78, 5) is 26.8. The third-order valence-corrected chi connectivity index (χ3v) is 7.57. The van der Waals surface area contributed by atoms with Crippen LogP contribution in [-0.4, -0.2) is 29.2 Å². The molecular weight excluding hydrogens is 574 g/mol. The van der Waals surface area contributed by atoms with E-state index in [1.165, 1.54) is 10.3 Å². The largest absolute Gasteiger partial charge is 0.492 e. The number of carbonyl (C=O) groups is 2. The summed E-state index contributed by atoms with van der Waals surface area (Å²) in [6.07, 6.45) is 1.71. The van der Waals surface area contributed by atoms with Crippen molar-refractivity contribution in [3.63, 3.8) is 0 Å². The highest BCUT2D eigenvalue weighted by Crippen LogP contribution is 2.34. The summed E-state index contributed by atoms with van der Waals surface area (Å²) in [5.74, 6) is 0.985. The van der Waals surface area contributed by atoms with Gasteiger partial charge in [-0.05, 0) is 92.1 Å². The maximum absolute atomic E-state index is 12.8. The van der Waals surface area contributed by atoms with Crippen LogP contribution in [0, 0.1) is 0 Å². The van der Waals surface area contributed by atoms with Gasteiger partial charge in [0.2, 0.25) is 0 Å². The summed E-state index contributed by atoms with van der Waals surface area (Å²) in [5.41, 5.74) is 1.88. The van der Waals surface area contributed by atoms with E-state index >= 15 is 0 Å². The summed E-state index contributed by atoms with van der Waals surface area (Å²) < 4.78 is 12.5. The smallest absolute Gasteiger partial charge is 0.293 e. The Morgan fingerprint density at radius 3 is 2.51 bits per heavy atom. The molecule has 1 fully saturated rings. The van der Waals surface area contributed by atoms with Crippen LogP contribution < -0.4 is 9.47 Å². The average molecular weight is 595 g/mol. The zero-order valence-corrected chi connectivity index (χ0v) is 22.7. The summed E-state index contributed by atoms with van der Waals surface area (Å²) >= 11 is 10.4. The molecule has 0 N–H and O–H groups in total. The highest BCUT2D eigenvalue weighted by molar-refractivity contribution is 9.10. The summed E-state index contributed by atoms with van der Waals surface area (Å²) in [5, 5.41) is 2.63. The normalized spacial score (nSPS) is 14.5. The van der Waals surface area contributed by atoms with Crippen LogP contribution in [-0.2, 0) is 11.4 Å². The van der Waals surface area contributed by atoms with Crippen molar-refractivity contribution < 1.29 is 19.1 Å². The molecule has 37 heavy (non-hydrogen) atoms. The van der Waals surface area contributed by atoms with Gasteiger partial charge in [-0.3, -0.25) is 14.5 Å². The second-order valence-corrected chi connectivity index (χ2v) is 10.5. The summed E-state index contributed by atoms with van der Waals surface area (Å²) in [6.45, 7) is 0.785. The number of imide groups is 1. The van der Waals surface area contributed by atoms with Crippen molar-refractivity contribution in [1.29, 1.82) is 0 Å². The van der Waals surface area contributed by atoms with Crippen LogP contribution in [0.1, 0.15) is 11.1 Å². The van der Waals surface area contributed by atoms with Crippen molar-refractivity contribution >= 4 is 67.3 Å². The van der Waals surface area contributed by atoms with Crippen LogP contribution >= 0.6 is 39.3 Å². The van der Waals surface area contributed by atoms with E-state index in [-0.39, 0.29) is 24.3 Å². The number of hydrogen-bond donors (Lipinski definition) is 0. The van der Waals surface area contributed by atoms with Crippen molar-refractivity contribution in [1.82, 2.24) is 4.90 Å². The highest BCUT2D eigenvalue weighted by atomic mass is 79.9. The predicted octanol–water partition coefficient (Wildman–Crippen LogP) is 7.95. The predicted molar refractivity (Wildman–Crippen MR) is 152 cm³/mol. The van der Waals surface area contributed by atoms with Crippen LogP contribution in [0.5, 0.6) is 11.5 Å². The van der Waals surface area contributed by atoms with Crippen molar-refractivity contribution in [3.8, 4) is 11.5 Å². The molecule has 8 heteroatoms. The third kappa shape index (κ3) is 6.01. The lowest BCUT2D eigenvalue weighted by atomic mass is 10.1. The van der Waals surface area contributed by atoms with Crippen LogP contribution in [0.2, 0.25) is 5.02 Å². The first kappa shape index (κ1) is 25.4. The van der Waals surface area contributed by atoms with Crippen LogP contribution in [0.15, 0.2) is 94.3 Å². The van der Waals surface area contributed by atoms with Crippen molar-refractivity contribution in [2.75, 3.05) is 13.2 Å². The van der Waals surface area contributed by atoms with Gasteiger partial charge in [0.1, 0.15) is 24.7 Å². The molecule has 4 aromatic rings. The van der Waals surface area contributed by atoms with Crippen molar-refractivity contribution in [2.24, 2.45) is 0 Å². The Hall–Kier alpha value is -3.26. The zero-order chi connectivity index (χ0) is 25.8. The minimum Gasteiger partial charge on any atom is -0.492 e. The minimum absolute atomic E-state index is 0.162. The third-order valence-electron chi connectivity index (χ3n) is 5.79. The molecule has 0 saturated carbocycles. The van der Waals surface area contributed by atoms with Gasteiger partial charge in [0.15, 0.2) is 0 Å². The maximum Gasteiger partial charge on any atom is 0.293 e. The molecule has 0 bridgehead atoms. The number of fused-ring (bicyclic) bond motifs is 1. The van der Waals surface area contributed by atoms with E-state index < -0.39 is 0 Å². The SMILES string of the molecule is O=C1S/C(=C\c2ccc(OCc3cccc4ccccc34)c(Br)c2)C(=O)N1CCOc1ccc(Cl)cc1. The molecule has 1 heterocycles. The molecular formula is C29H21BrClNO4S. The van der Waals surface area contributed by atoms with Gasteiger partial charge in [-0.2, -0.15) is 0 Å². The molecule has 1 aliphatic rings. The number of rotatable bonds is 8. The Morgan fingerprint density at radius 1 is 0.919 bits per heavy atom. The van der Waals surface area contributed by atoms with E-state index in [1.54, 1.807) is 30.3 Å². The van der Waals surface area contributed by atoms with Gasteiger partial charge in [0, 0.05) is 5.02 Å². The van der Waals surface area contributed by atoms with E-state index in [2.05, 4.69) is 40.2 Å². The van der Waals surface area contributed by atoms with Gasteiger partial charge >= 0.3 is 0 Å². The minimum atomic E-state index is -0.331. The highest BCUT2D eigenvalue weighted by Gasteiger charge is 2.34. The molecule has 0 radical (unpaired) electrons. The van der Waals surface area contributed by atoms with E-state index in [1.807, 2.05) is 36.4 Å². The number of ether oxygens (including phenoxy) is 2. The second-order valence-electron chi connectivity index (χ2n) is 8.25. The Balaban J connectivity index is 1.21. The maximum atomic E-state index is 12.8. The first-order valence-electron chi connectivity index (χ1n) is 11.5. The molecule has 4 aromatic carbocycles. The quantitative estimate of drug-likeness (QED) is 0.194. The van der Waals surface area contributed by atoms with Crippen molar-refractivity contribution in [3.05, 3.63) is 110 Å². The first-order chi connectivity index (χ1) is 18.0. The molecule has 1 aliphatic heterocycles. The number of benzene rings is 4. The van der Waals surface area contributed by atoms with Gasteiger partial charge in [-0.15, -0.1) is 0 Å². The van der Waals surface area contributed by atoms with Gasteiger partial charge in [0.25, 0.3) is 11.1 Å². The molecule has 186 valence electrons. The monoisotopic (exact) mass is 593 g/mol. The molecule has 0 spiro atoms. The topological polar surface area (TPSA) is 55.8 Å². The molecule has 5 nitrogen and oxygen atoms in total. The molecule has 0 aromatic heterocycles. The lowest BCUT2D eigenvalue weighted by Gasteiger charge is -2.13. The molecule has 0 atom stereocenters. The number of carbonyl (C=O) groups excluding carboxylic acids is 2. The lowest BCUT2D eigenvalue weighted by Crippen LogP contribution is -2.32. The molecule has 1 saturated heterocycles. The van der Waals surface area contributed by atoms with E-state index in [4.69, 9.17) is 21.1 Å². The number of thioether (sulfide) groups is 1. The number of hydrogen-bond acceptors (Lipinski definition) is 5. The first-order valence-corrected chi connectivity index (χ1v) is 13.5. The van der Waals surface area contributed by atoms with E-state index in [9.17, 15) is 9.59 Å². The van der Waals surface area contributed by atoms with Crippen molar-refractivity contribution in [2.45, 2.75) is 6.61 Å². The van der Waals surface area contributed by atoms with Crippen LogP contribution in [0.25, 0.3) is 16.8 Å². The fourth-order valence-corrected chi connectivity index (χ4v) is 5.43. The lowest BCUT2D eigenvalue weighted by molar-refractivity contribution is -0.123. The fourth-order valence-electron chi connectivity index (χ4n) is 3.93. The molecule has 2 amide bonds. The number of nitrogens with zero attached hydrogens (tertiary/aromatic N) is 1. The Bertz CT molecular complexity index is 1500. The summed E-state index contributed by atoms with van der Waals surface area (Å²) in [6, 6.07) is 26.9. The summed E-state index contributed by atoms with van der Waals surface area (Å²) in [7, 11) is 0. The molecule has 0 aliphatic carbocycles. The number of halogens is 2. The van der Waals surface area contributed by atoms with Crippen LogP contribution in [0.4, 0.5) is 4.79 Å². The molecule has 5 rings (SSSR count).